The van der Waals surface area contributed by atoms with Gasteiger partial charge in [-0.1, -0.05) is 248 Å². The van der Waals surface area contributed by atoms with Gasteiger partial charge in [0.2, 0.25) is 0 Å². The van der Waals surface area contributed by atoms with Gasteiger partial charge in [0, 0.05) is 44.3 Å². The Labute approximate surface area is 489 Å². The Morgan fingerprint density at radius 3 is 1.54 bits per heavy atom. The Morgan fingerprint density at radius 2 is 0.963 bits per heavy atom. The summed E-state index contributed by atoms with van der Waals surface area (Å²) < 4.78 is 13.8. The van der Waals surface area contributed by atoms with Crippen molar-refractivity contribution >= 4 is 32.8 Å². The van der Waals surface area contributed by atoms with E-state index in [0.29, 0.717) is 11.5 Å². The Balaban J connectivity index is 0.00000720. The summed E-state index contributed by atoms with van der Waals surface area (Å²) in [4.78, 5) is 4.97. The molecule has 3 aromatic heterocycles. The fraction of sp³-hybridized carbons (Fsp3) is 0.270. The maximum Gasteiger partial charge on any atom is 0.268 e. The van der Waals surface area contributed by atoms with Crippen LogP contribution in [0.5, 0.6) is 11.5 Å². The number of pyridine rings is 1. The molecule has 0 amide bonds. The zero-order chi connectivity index (χ0) is 56.0. The SMILES string of the molecule is CC(C)(C)c1cc(-c2cccc(-c3cc(C(C)(C)C)cc(C(C)(C)C)c3)c2-[n+]2[c-]n(-c3[c-]c(Oc4[c-]c5c(cc4-c4ccccc4)c4ccccc4n5-c4cc(C(C)(C)C)ccn4)ccc3)c3ccccc32)cc(C(C)(C)C)c1.[Pt]. The van der Waals surface area contributed by atoms with Crippen LogP contribution in [0.1, 0.15) is 132 Å². The van der Waals surface area contributed by atoms with Gasteiger partial charge in [0.15, 0.2) is 0 Å². The maximum absolute atomic E-state index is 7.13. The number of imidazole rings is 1. The Hall–Kier alpha value is -7.33. The van der Waals surface area contributed by atoms with E-state index in [1.807, 2.05) is 24.4 Å². The average molecular weight is 1230 g/mol. The molecular weight excluding hydrogens is 1160 g/mol. The van der Waals surface area contributed by atoms with Crippen molar-refractivity contribution in [1.29, 1.82) is 0 Å². The zero-order valence-electron chi connectivity index (χ0n) is 49.3. The van der Waals surface area contributed by atoms with E-state index in [2.05, 4.69) is 288 Å². The molecule has 408 valence electrons. The number of para-hydroxylation sites is 4. The second-order valence-corrected chi connectivity index (χ2v) is 26.7. The number of hydrogen-bond acceptors (Lipinski definition) is 2. The third-order valence-electron chi connectivity index (χ3n) is 15.6. The van der Waals surface area contributed by atoms with Crippen LogP contribution >= 0.6 is 0 Å². The summed E-state index contributed by atoms with van der Waals surface area (Å²) >= 11 is 0. The summed E-state index contributed by atoms with van der Waals surface area (Å²) in [5.74, 6) is 1.99. The summed E-state index contributed by atoms with van der Waals surface area (Å²) in [5, 5.41) is 2.19. The molecule has 0 N–H and O–H groups in total. The van der Waals surface area contributed by atoms with E-state index in [1.54, 1.807) is 0 Å². The first-order valence-corrected chi connectivity index (χ1v) is 27.9. The minimum Gasteiger partial charge on any atom is -0.509 e. The summed E-state index contributed by atoms with van der Waals surface area (Å²) in [5.41, 5.74) is 18.4. The van der Waals surface area contributed by atoms with Crippen molar-refractivity contribution in [2.75, 3.05) is 0 Å². The molecule has 0 saturated carbocycles. The molecule has 5 nitrogen and oxygen atoms in total. The van der Waals surface area contributed by atoms with E-state index in [9.17, 15) is 0 Å². The second-order valence-electron chi connectivity index (χ2n) is 26.7. The predicted molar refractivity (Wildman–Crippen MR) is 330 cm³/mol. The molecule has 6 heteroatoms. The molecular formula is C74H74N4OPt-2. The molecule has 0 saturated heterocycles. The van der Waals surface area contributed by atoms with Gasteiger partial charge in [0.1, 0.15) is 5.82 Å². The number of nitrogens with zero attached hydrogens (tertiary/aromatic N) is 4. The van der Waals surface area contributed by atoms with Crippen LogP contribution in [0.2, 0.25) is 0 Å². The maximum atomic E-state index is 7.13. The molecule has 0 spiro atoms. The number of rotatable bonds is 8. The van der Waals surface area contributed by atoms with E-state index in [-0.39, 0.29) is 48.1 Å². The van der Waals surface area contributed by atoms with E-state index >= 15 is 0 Å². The van der Waals surface area contributed by atoms with Gasteiger partial charge in [-0.15, -0.1) is 23.6 Å². The van der Waals surface area contributed by atoms with Crippen molar-refractivity contribution in [3.8, 4) is 62.1 Å². The summed E-state index contributed by atoms with van der Waals surface area (Å²) in [6.07, 6.45) is 5.87. The third kappa shape index (κ3) is 10.7. The van der Waals surface area contributed by atoms with Crippen LogP contribution in [0, 0.1) is 18.5 Å². The normalized spacial score (nSPS) is 12.6. The van der Waals surface area contributed by atoms with Gasteiger partial charge < -0.3 is 13.9 Å². The topological polar surface area (TPSA) is 35.9 Å². The fourth-order valence-corrected chi connectivity index (χ4v) is 10.8. The van der Waals surface area contributed by atoms with E-state index in [1.165, 1.54) is 38.9 Å². The predicted octanol–water partition coefficient (Wildman–Crippen LogP) is 19.1. The molecule has 8 aromatic carbocycles. The van der Waals surface area contributed by atoms with Crippen molar-refractivity contribution in [2.45, 2.75) is 131 Å². The first kappa shape index (κ1) is 56.0. The van der Waals surface area contributed by atoms with Gasteiger partial charge in [-0.2, -0.15) is 18.2 Å². The van der Waals surface area contributed by atoms with Crippen LogP contribution in [0.4, 0.5) is 0 Å². The fourth-order valence-electron chi connectivity index (χ4n) is 10.8. The smallest absolute Gasteiger partial charge is 0.268 e. The van der Waals surface area contributed by atoms with Gasteiger partial charge in [-0.25, -0.2) is 4.98 Å². The van der Waals surface area contributed by atoms with Crippen LogP contribution in [0.15, 0.2) is 176 Å². The number of ether oxygens (including phenoxy) is 1. The van der Waals surface area contributed by atoms with Crippen molar-refractivity contribution in [2.24, 2.45) is 0 Å². The van der Waals surface area contributed by atoms with E-state index in [0.717, 1.165) is 72.3 Å². The molecule has 0 bridgehead atoms. The molecule has 0 aliphatic carbocycles. The van der Waals surface area contributed by atoms with Gasteiger partial charge in [0.25, 0.3) is 6.33 Å². The summed E-state index contributed by atoms with van der Waals surface area (Å²) in [6, 6.07) is 69.2. The third-order valence-corrected chi connectivity index (χ3v) is 15.6. The van der Waals surface area contributed by atoms with E-state index < -0.39 is 0 Å². The molecule has 11 aromatic rings. The van der Waals surface area contributed by atoms with Crippen molar-refractivity contribution < 1.29 is 30.4 Å². The Kier molecular flexibility index (Phi) is 14.4. The van der Waals surface area contributed by atoms with Crippen LogP contribution in [-0.4, -0.2) is 14.1 Å². The van der Waals surface area contributed by atoms with Crippen molar-refractivity contribution in [1.82, 2.24) is 14.1 Å². The minimum absolute atomic E-state index is 0. The Morgan fingerprint density at radius 1 is 0.438 bits per heavy atom. The van der Waals surface area contributed by atoms with Gasteiger partial charge in [0.05, 0.1) is 16.7 Å². The molecule has 0 aliphatic heterocycles. The number of fused-ring (bicyclic) bond motifs is 4. The molecule has 0 aliphatic rings. The number of benzene rings is 8. The number of hydrogen-bond donors (Lipinski definition) is 0. The molecule has 0 fully saturated rings. The standard InChI is InChI=1S/C74H74N4O.Pt/c1-70(2,3)51-35-36-75-68(43-51)78-63-32-20-19-29-60(63)62-45-61(48-25-17-16-18-26-48)67(46-66(62)78)79-57-28-23-27-56(44-57)76-47-77(65-34-22-21-33-64(65)76)69-58(49-37-52(71(4,5)6)41-53(38-49)72(7,8)9)30-24-31-59(69)50-39-54(73(10,11)12)42-55(40-50)74(13,14)15;/h16-43,45H,1-15H3;/q-2;. The molecule has 80 heavy (non-hydrogen) atoms. The van der Waals surface area contributed by atoms with Crippen LogP contribution in [0.25, 0.3) is 83.4 Å². The average Bonchev–Trinajstić information content (AvgIpc) is 4.15. The molecule has 3 heterocycles. The van der Waals surface area contributed by atoms with E-state index in [4.69, 9.17) is 9.72 Å². The Bertz CT molecular complexity index is 3960. The monoisotopic (exact) mass is 1230 g/mol. The second kappa shape index (κ2) is 20.6. The first-order chi connectivity index (χ1) is 37.3. The minimum atomic E-state index is -0.0757. The van der Waals surface area contributed by atoms with Gasteiger partial charge >= 0.3 is 0 Å². The molecule has 0 unspecified atom stereocenters. The summed E-state index contributed by atoms with van der Waals surface area (Å²) in [6.45, 7) is 34.5. The van der Waals surface area contributed by atoms with Gasteiger partial charge in [-0.05, 0) is 106 Å². The zero-order valence-corrected chi connectivity index (χ0v) is 51.5. The van der Waals surface area contributed by atoms with Crippen molar-refractivity contribution in [3.63, 3.8) is 0 Å². The largest absolute Gasteiger partial charge is 0.509 e. The summed E-state index contributed by atoms with van der Waals surface area (Å²) in [7, 11) is 0. The quantitative estimate of drug-likeness (QED) is 0.112. The van der Waals surface area contributed by atoms with Crippen LogP contribution < -0.4 is 9.30 Å². The van der Waals surface area contributed by atoms with Crippen LogP contribution in [-0.2, 0) is 48.1 Å². The van der Waals surface area contributed by atoms with Crippen molar-refractivity contribution in [3.05, 3.63) is 222 Å². The molecule has 0 atom stereocenters. The van der Waals surface area contributed by atoms with Gasteiger partial charge in [-0.3, -0.25) is 4.57 Å². The van der Waals surface area contributed by atoms with Crippen LogP contribution in [0.3, 0.4) is 0 Å². The number of aromatic nitrogens is 4. The molecule has 0 radical (unpaired) electrons. The molecule has 11 rings (SSSR count). The first-order valence-electron chi connectivity index (χ1n) is 27.9.